The minimum absolute atomic E-state index is 0.00755. The molecule has 2 N–H and O–H groups in total. The van der Waals surface area contributed by atoms with Crippen LogP contribution in [-0.2, 0) is 11.3 Å². The van der Waals surface area contributed by atoms with Crippen LogP contribution in [0.2, 0.25) is 0 Å². The fraction of sp³-hybridized carbons (Fsp3) is 0.357. The molecule has 0 saturated carbocycles. The number of aliphatic hydroxyl groups is 1. The second-order valence-electron chi connectivity index (χ2n) is 4.17. The smallest absolute Gasteiger partial charge is 0.234 e. The molecule has 0 unspecified atom stereocenters. The van der Waals surface area contributed by atoms with E-state index in [0.29, 0.717) is 13.1 Å². The number of carbonyl (C=O) groups excluding carboxylic acids is 1. The molecule has 0 spiro atoms. The zero-order valence-corrected chi connectivity index (χ0v) is 10.7. The maximum atomic E-state index is 11.5. The van der Waals surface area contributed by atoms with E-state index in [-0.39, 0.29) is 12.5 Å². The highest BCUT2D eigenvalue weighted by atomic mass is 16.2. The first kappa shape index (κ1) is 14.2. The van der Waals surface area contributed by atoms with Crippen LogP contribution in [0.5, 0.6) is 0 Å². The number of benzene rings is 1. The van der Waals surface area contributed by atoms with Crippen molar-refractivity contribution in [1.29, 1.82) is 0 Å². The molecule has 0 heterocycles. The van der Waals surface area contributed by atoms with E-state index >= 15 is 0 Å². The molecule has 0 aliphatic rings. The molecule has 1 aromatic rings. The second kappa shape index (κ2) is 7.49. The first-order valence-electron chi connectivity index (χ1n) is 5.72. The van der Waals surface area contributed by atoms with Crippen molar-refractivity contribution in [2.45, 2.75) is 6.54 Å². The summed E-state index contributed by atoms with van der Waals surface area (Å²) < 4.78 is 0. The molecule has 0 aliphatic carbocycles. The molecule has 0 atom stereocenters. The summed E-state index contributed by atoms with van der Waals surface area (Å²) in [6.45, 7) is 0.717. The van der Waals surface area contributed by atoms with Crippen molar-refractivity contribution in [2.75, 3.05) is 27.2 Å². The molecular formula is C14H18N2O2. The molecule has 96 valence electrons. The summed E-state index contributed by atoms with van der Waals surface area (Å²) in [5, 5.41) is 11.5. The number of carbonyl (C=O) groups is 1. The van der Waals surface area contributed by atoms with Crippen LogP contribution in [-0.4, -0.2) is 43.2 Å². The normalized spacial score (nSPS) is 9.78. The van der Waals surface area contributed by atoms with Crippen LogP contribution in [0.1, 0.15) is 11.1 Å². The number of hydrogen-bond acceptors (Lipinski definition) is 3. The quantitative estimate of drug-likeness (QED) is 0.747. The van der Waals surface area contributed by atoms with Gasteiger partial charge in [-0.25, -0.2) is 0 Å². The Hall–Kier alpha value is -1.83. The van der Waals surface area contributed by atoms with E-state index in [9.17, 15) is 4.79 Å². The third kappa shape index (κ3) is 5.48. The van der Waals surface area contributed by atoms with E-state index in [2.05, 4.69) is 17.2 Å². The number of nitrogens with one attached hydrogen (secondary N) is 1. The average Bonchev–Trinajstić information content (AvgIpc) is 2.33. The summed E-state index contributed by atoms with van der Waals surface area (Å²) in [7, 11) is 3.70. The van der Waals surface area contributed by atoms with Gasteiger partial charge in [-0.15, -0.1) is 0 Å². The van der Waals surface area contributed by atoms with E-state index in [1.54, 1.807) is 0 Å². The van der Waals surface area contributed by atoms with Gasteiger partial charge in [0.25, 0.3) is 0 Å². The van der Waals surface area contributed by atoms with E-state index in [4.69, 9.17) is 5.11 Å². The lowest BCUT2D eigenvalue weighted by atomic mass is 10.1. The molecule has 0 radical (unpaired) electrons. The largest absolute Gasteiger partial charge is 0.384 e. The Kier molecular flexibility index (Phi) is 5.92. The number of nitrogens with zero attached hydrogens (tertiary/aromatic N) is 1. The van der Waals surface area contributed by atoms with Crippen LogP contribution >= 0.6 is 0 Å². The summed E-state index contributed by atoms with van der Waals surface area (Å²) >= 11 is 0. The SMILES string of the molecule is CN(C)CC(=O)NCc1cccc(C#CCO)c1. The van der Waals surface area contributed by atoms with Gasteiger partial charge < -0.3 is 15.3 Å². The lowest BCUT2D eigenvalue weighted by Gasteiger charge is -2.10. The van der Waals surface area contributed by atoms with Crippen molar-refractivity contribution in [3.8, 4) is 11.8 Å². The fourth-order valence-corrected chi connectivity index (χ4v) is 1.44. The summed E-state index contributed by atoms with van der Waals surface area (Å²) in [5.41, 5.74) is 1.83. The predicted octanol–water partition coefficient (Wildman–Crippen LogP) is 0.208. The number of aliphatic hydroxyl groups excluding tert-OH is 1. The van der Waals surface area contributed by atoms with E-state index in [1.807, 2.05) is 43.3 Å². The van der Waals surface area contributed by atoms with Gasteiger partial charge in [0.05, 0.1) is 6.54 Å². The number of amides is 1. The van der Waals surface area contributed by atoms with Gasteiger partial charge in [-0.3, -0.25) is 4.79 Å². The van der Waals surface area contributed by atoms with Gasteiger partial charge >= 0.3 is 0 Å². The first-order chi connectivity index (χ1) is 8.61. The molecule has 0 aliphatic heterocycles. The Labute approximate surface area is 108 Å². The fourth-order valence-electron chi connectivity index (χ4n) is 1.44. The minimum atomic E-state index is -0.149. The van der Waals surface area contributed by atoms with Crippen molar-refractivity contribution >= 4 is 5.91 Å². The monoisotopic (exact) mass is 246 g/mol. The van der Waals surface area contributed by atoms with Gasteiger partial charge in [-0.05, 0) is 31.8 Å². The molecule has 1 aromatic carbocycles. The van der Waals surface area contributed by atoms with Crippen LogP contribution in [0.15, 0.2) is 24.3 Å². The molecule has 1 amide bonds. The Morgan fingerprint density at radius 3 is 2.89 bits per heavy atom. The van der Waals surface area contributed by atoms with Gasteiger partial charge in [-0.1, -0.05) is 24.0 Å². The highest BCUT2D eigenvalue weighted by Gasteiger charge is 2.02. The summed E-state index contributed by atoms with van der Waals surface area (Å²) in [6.07, 6.45) is 0. The summed E-state index contributed by atoms with van der Waals surface area (Å²) in [5.74, 6) is 5.42. The van der Waals surface area contributed by atoms with Gasteiger partial charge in [0, 0.05) is 12.1 Å². The van der Waals surface area contributed by atoms with Crippen LogP contribution < -0.4 is 5.32 Å². The predicted molar refractivity (Wildman–Crippen MR) is 70.8 cm³/mol. The molecule has 4 heteroatoms. The molecule has 0 saturated heterocycles. The molecule has 0 fully saturated rings. The van der Waals surface area contributed by atoms with Crippen LogP contribution in [0.3, 0.4) is 0 Å². The van der Waals surface area contributed by atoms with Gasteiger partial charge in [0.2, 0.25) is 5.91 Å². The van der Waals surface area contributed by atoms with Crippen molar-refractivity contribution in [1.82, 2.24) is 10.2 Å². The molecular weight excluding hydrogens is 228 g/mol. The van der Waals surface area contributed by atoms with Crippen LogP contribution in [0.25, 0.3) is 0 Å². The molecule has 1 rings (SSSR count). The van der Waals surface area contributed by atoms with Crippen molar-refractivity contribution in [3.05, 3.63) is 35.4 Å². The minimum Gasteiger partial charge on any atom is -0.384 e. The lowest BCUT2D eigenvalue weighted by Crippen LogP contribution is -2.32. The maximum Gasteiger partial charge on any atom is 0.234 e. The molecule has 0 aromatic heterocycles. The zero-order chi connectivity index (χ0) is 13.4. The number of hydrogen-bond donors (Lipinski definition) is 2. The third-order valence-electron chi connectivity index (χ3n) is 2.19. The number of rotatable bonds is 4. The highest BCUT2D eigenvalue weighted by Crippen LogP contribution is 2.03. The Morgan fingerprint density at radius 1 is 1.44 bits per heavy atom. The Balaban J connectivity index is 2.55. The van der Waals surface area contributed by atoms with Crippen LogP contribution in [0.4, 0.5) is 0 Å². The summed E-state index contributed by atoms with van der Waals surface area (Å²) in [4.78, 5) is 13.3. The van der Waals surface area contributed by atoms with E-state index in [1.165, 1.54) is 0 Å². The second-order valence-corrected chi connectivity index (χ2v) is 4.17. The standard InChI is InChI=1S/C14H18N2O2/c1-16(2)11-14(18)15-10-13-6-3-5-12(9-13)7-4-8-17/h3,5-6,9,17H,8,10-11H2,1-2H3,(H,15,18). The maximum absolute atomic E-state index is 11.5. The van der Waals surface area contributed by atoms with E-state index < -0.39 is 0 Å². The van der Waals surface area contributed by atoms with Gasteiger partial charge in [0.15, 0.2) is 0 Å². The van der Waals surface area contributed by atoms with E-state index in [0.717, 1.165) is 11.1 Å². The lowest BCUT2D eigenvalue weighted by molar-refractivity contribution is -0.121. The van der Waals surface area contributed by atoms with Gasteiger partial charge in [-0.2, -0.15) is 0 Å². The third-order valence-corrected chi connectivity index (χ3v) is 2.19. The topological polar surface area (TPSA) is 52.6 Å². The zero-order valence-electron chi connectivity index (χ0n) is 10.7. The average molecular weight is 246 g/mol. The molecule has 18 heavy (non-hydrogen) atoms. The Morgan fingerprint density at radius 2 is 2.22 bits per heavy atom. The van der Waals surface area contributed by atoms with Crippen molar-refractivity contribution < 1.29 is 9.90 Å². The first-order valence-corrected chi connectivity index (χ1v) is 5.72. The molecule has 4 nitrogen and oxygen atoms in total. The number of likely N-dealkylation sites (N-methyl/N-ethyl adjacent to an activating group) is 1. The van der Waals surface area contributed by atoms with Crippen molar-refractivity contribution in [3.63, 3.8) is 0 Å². The van der Waals surface area contributed by atoms with Crippen LogP contribution in [0, 0.1) is 11.8 Å². The highest BCUT2D eigenvalue weighted by molar-refractivity contribution is 5.77. The summed E-state index contributed by atoms with van der Waals surface area (Å²) in [6, 6.07) is 7.58. The Bertz CT molecular complexity index is 458. The van der Waals surface area contributed by atoms with Gasteiger partial charge in [0.1, 0.15) is 6.61 Å². The van der Waals surface area contributed by atoms with Crippen molar-refractivity contribution in [2.24, 2.45) is 0 Å². The molecule has 0 bridgehead atoms.